The molecule has 2 rings (SSSR count). The van der Waals surface area contributed by atoms with Crippen LogP contribution in [0.1, 0.15) is 26.6 Å². The van der Waals surface area contributed by atoms with Gasteiger partial charge in [0.15, 0.2) is 0 Å². The lowest BCUT2D eigenvalue weighted by molar-refractivity contribution is 0.0492. The topological polar surface area (TPSA) is 76.2 Å². The van der Waals surface area contributed by atoms with Crippen LogP contribution >= 0.6 is 0 Å². The van der Waals surface area contributed by atoms with Gasteiger partial charge >= 0.3 is 6.09 Å². The number of carbonyl (C=O) groups is 1. The molecule has 0 radical (unpaired) electrons. The summed E-state index contributed by atoms with van der Waals surface area (Å²) in [5.41, 5.74) is 1.42. The Hall–Kier alpha value is -2.08. The molecule has 0 bridgehead atoms. The molecule has 0 aliphatic rings. The number of ether oxygens (including phenoxy) is 2. The van der Waals surface area contributed by atoms with Gasteiger partial charge < -0.3 is 19.8 Å². The van der Waals surface area contributed by atoms with Crippen molar-refractivity contribution in [3.63, 3.8) is 0 Å². The van der Waals surface area contributed by atoms with E-state index in [9.17, 15) is 4.79 Å². The number of fused-ring (bicyclic) bond motifs is 1. The zero-order valence-corrected chi connectivity index (χ0v) is 12.6. The quantitative estimate of drug-likeness (QED) is 0.830. The molecule has 114 valence electrons. The van der Waals surface area contributed by atoms with E-state index in [0.717, 1.165) is 16.9 Å². The molecule has 2 aromatic rings. The maximum Gasteiger partial charge on any atom is 0.407 e. The average Bonchev–Trinajstić information content (AvgIpc) is 2.78. The second-order valence-electron chi connectivity index (χ2n) is 5.68. The van der Waals surface area contributed by atoms with E-state index in [1.165, 1.54) is 0 Å². The molecule has 1 heterocycles. The Morgan fingerprint density at radius 2 is 2.10 bits per heavy atom. The van der Waals surface area contributed by atoms with Crippen LogP contribution in [0.4, 0.5) is 4.79 Å². The van der Waals surface area contributed by atoms with Crippen molar-refractivity contribution in [1.29, 1.82) is 0 Å². The zero-order valence-electron chi connectivity index (χ0n) is 12.6. The standard InChI is InChI=1S/C15H21N3O3/c1-15(2,3)21-14(19)16-8-9-20-10-13-17-11-6-4-5-7-12(11)18-13/h4-7H,8-10H2,1-3H3,(H,16,19)(H,17,18). The highest BCUT2D eigenvalue weighted by Crippen LogP contribution is 2.10. The molecule has 0 atom stereocenters. The first-order valence-corrected chi connectivity index (χ1v) is 6.92. The number of benzene rings is 1. The van der Waals surface area contributed by atoms with E-state index in [2.05, 4.69) is 15.3 Å². The summed E-state index contributed by atoms with van der Waals surface area (Å²) in [4.78, 5) is 19.0. The second kappa shape index (κ2) is 6.58. The van der Waals surface area contributed by atoms with Gasteiger partial charge in [-0.25, -0.2) is 9.78 Å². The molecule has 0 fully saturated rings. The van der Waals surface area contributed by atoms with Crippen molar-refractivity contribution in [3.8, 4) is 0 Å². The van der Waals surface area contributed by atoms with Crippen molar-refractivity contribution < 1.29 is 14.3 Å². The number of aromatic amines is 1. The Morgan fingerprint density at radius 1 is 1.33 bits per heavy atom. The lowest BCUT2D eigenvalue weighted by Crippen LogP contribution is -2.34. The lowest BCUT2D eigenvalue weighted by atomic mass is 10.2. The molecule has 6 nitrogen and oxygen atoms in total. The minimum absolute atomic E-state index is 0.380. The molecule has 0 saturated heterocycles. The minimum atomic E-state index is -0.487. The number of hydrogen-bond acceptors (Lipinski definition) is 4. The highest BCUT2D eigenvalue weighted by molar-refractivity contribution is 5.74. The molecule has 0 spiro atoms. The van der Waals surface area contributed by atoms with Crippen LogP contribution in [-0.4, -0.2) is 34.8 Å². The third-order valence-corrected chi connectivity index (χ3v) is 2.59. The van der Waals surface area contributed by atoms with Crippen molar-refractivity contribution in [2.45, 2.75) is 33.0 Å². The zero-order chi connectivity index (χ0) is 15.3. The van der Waals surface area contributed by atoms with Crippen LogP contribution in [0, 0.1) is 0 Å². The van der Waals surface area contributed by atoms with Gasteiger partial charge in [0, 0.05) is 6.54 Å². The monoisotopic (exact) mass is 291 g/mol. The van der Waals surface area contributed by atoms with E-state index in [0.29, 0.717) is 19.8 Å². The summed E-state index contributed by atoms with van der Waals surface area (Å²) in [6.07, 6.45) is -0.435. The number of amides is 1. The number of nitrogens with zero attached hydrogens (tertiary/aromatic N) is 1. The number of hydrogen-bond donors (Lipinski definition) is 2. The maximum absolute atomic E-state index is 11.4. The summed E-state index contributed by atoms with van der Waals surface area (Å²) in [5.74, 6) is 0.772. The maximum atomic E-state index is 11.4. The Balaban J connectivity index is 1.67. The summed E-state index contributed by atoms with van der Waals surface area (Å²) in [7, 11) is 0. The normalized spacial score (nSPS) is 11.6. The van der Waals surface area contributed by atoms with Gasteiger partial charge in [-0.15, -0.1) is 0 Å². The first kappa shape index (κ1) is 15.3. The highest BCUT2D eigenvalue weighted by atomic mass is 16.6. The highest BCUT2D eigenvalue weighted by Gasteiger charge is 2.15. The average molecular weight is 291 g/mol. The molecule has 0 saturated carbocycles. The van der Waals surface area contributed by atoms with Crippen LogP contribution in [0.15, 0.2) is 24.3 Å². The van der Waals surface area contributed by atoms with Crippen molar-refractivity contribution in [1.82, 2.24) is 15.3 Å². The third-order valence-electron chi connectivity index (χ3n) is 2.59. The molecular weight excluding hydrogens is 270 g/mol. The number of rotatable bonds is 5. The van der Waals surface area contributed by atoms with Crippen molar-refractivity contribution >= 4 is 17.1 Å². The number of imidazole rings is 1. The van der Waals surface area contributed by atoms with Gasteiger partial charge in [0.1, 0.15) is 18.0 Å². The lowest BCUT2D eigenvalue weighted by Gasteiger charge is -2.19. The SMILES string of the molecule is CC(C)(C)OC(=O)NCCOCc1nc2ccccc2[nH]1. The van der Waals surface area contributed by atoms with Gasteiger partial charge in [0.2, 0.25) is 0 Å². The fourth-order valence-corrected chi connectivity index (χ4v) is 1.78. The van der Waals surface area contributed by atoms with Crippen molar-refractivity contribution in [2.24, 2.45) is 0 Å². The first-order chi connectivity index (χ1) is 9.94. The predicted octanol–water partition coefficient (Wildman–Crippen LogP) is 2.60. The summed E-state index contributed by atoms with van der Waals surface area (Å²) in [6, 6.07) is 7.81. The number of aromatic nitrogens is 2. The first-order valence-electron chi connectivity index (χ1n) is 6.92. The fraction of sp³-hybridized carbons (Fsp3) is 0.467. The molecule has 1 aromatic carbocycles. The van der Waals surface area contributed by atoms with Crippen LogP contribution < -0.4 is 5.32 Å². The van der Waals surface area contributed by atoms with E-state index in [1.54, 1.807) is 0 Å². The predicted molar refractivity (Wildman–Crippen MR) is 80.0 cm³/mol. The Kier molecular flexibility index (Phi) is 4.80. The molecule has 6 heteroatoms. The fourth-order valence-electron chi connectivity index (χ4n) is 1.78. The molecule has 2 N–H and O–H groups in total. The third kappa shape index (κ3) is 5.07. The molecular formula is C15H21N3O3. The van der Waals surface area contributed by atoms with Gasteiger partial charge in [-0.2, -0.15) is 0 Å². The Labute approximate surface area is 123 Å². The second-order valence-corrected chi connectivity index (χ2v) is 5.68. The van der Waals surface area contributed by atoms with E-state index >= 15 is 0 Å². The summed E-state index contributed by atoms with van der Waals surface area (Å²) < 4.78 is 10.6. The van der Waals surface area contributed by atoms with Gasteiger partial charge in [-0.1, -0.05) is 12.1 Å². The number of nitrogens with one attached hydrogen (secondary N) is 2. The number of carbonyl (C=O) groups excluding carboxylic acids is 1. The van der Waals surface area contributed by atoms with Gasteiger partial charge in [0.25, 0.3) is 0 Å². The number of para-hydroxylation sites is 2. The van der Waals surface area contributed by atoms with Crippen LogP contribution in [0.25, 0.3) is 11.0 Å². The molecule has 21 heavy (non-hydrogen) atoms. The Morgan fingerprint density at radius 3 is 2.81 bits per heavy atom. The van der Waals surface area contributed by atoms with E-state index in [1.807, 2.05) is 45.0 Å². The summed E-state index contributed by atoms with van der Waals surface area (Å²) >= 11 is 0. The van der Waals surface area contributed by atoms with Gasteiger partial charge in [-0.3, -0.25) is 0 Å². The summed E-state index contributed by atoms with van der Waals surface area (Å²) in [6.45, 7) is 6.65. The smallest absolute Gasteiger partial charge is 0.407 e. The van der Waals surface area contributed by atoms with Crippen LogP contribution in [0.2, 0.25) is 0 Å². The number of alkyl carbamates (subject to hydrolysis) is 1. The van der Waals surface area contributed by atoms with Crippen LogP contribution in [0.5, 0.6) is 0 Å². The molecule has 1 aromatic heterocycles. The van der Waals surface area contributed by atoms with Gasteiger partial charge in [-0.05, 0) is 32.9 Å². The molecule has 0 aliphatic carbocycles. The van der Waals surface area contributed by atoms with Crippen molar-refractivity contribution in [3.05, 3.63) is 30.1 Å². The molecule has 0 aliphatic heterocycles. The Bertz CT molecular complexity index is 568. The van der Waals surface area contributed by atoms with Crippen molar-refractivity contribution in [2.75, 3.05) is 13.2 Å². The van der Waals surface area contributed by atoms with Crippen LogP contribution in [0.3, 0.4) is 0 Å². The van der Waals surface area contributed by atoms with Crippen LogP contribution in [-0.2, 0) is 16.1 Å². The summed E-state index contributed by atoms with van der Waals surface area (Å²) in [5, 5.41) is 2.64. The molecule has 0 unspecified atom stereocenters. The molecule has 1 amide bonds. The van der Waals surface area contributed by atoms with Gasteiger partial charge in [0.05, 0.1) is 17.6 Å². The van der Waals surface area contributed by atoms with E-state index < -0.39 is 11.7 Å². The number of H-pyrrole nitrogens is 1. The largest absolute Gasteiger partial charge is 0.444 e. The van der Waals surface area contributed by atoms with E-state index in [-0.39, 0.29) is 0 Å². The minimum Gasteiger partial charge on any atom is -0.444 e. The van der Waals surface area contributed by atoms with E-state index in [4.69, 9.17) is 9.47 Å².